The van der Waals surface area contributed by atoms with E-state index in [0.717, 1.165) is 10.9 Å². The van der Waals surface area contributed by atoms with Crippen molar-refractivity contribution in [2.45, 2.75) is 18.9 Å². The molecule has 106 valence electrons. The average molecular weight is 357 g/mol. The van der Waals surface area contributed by atoms with Crippen LogP contribution < -0.4 is 5.32 Å². The van der Waals surface area contributed by atoms with E-state index in [2.05, 4.69) is 33.4 Å². The molecule has 0 aliphatic heterocycles. The summed E-state index contributed by atoms with van der Waals surface area (Å²) >= 11 is 9.50. The highest BCUT2D eigenvalue weighted by atomic mass is 79.9. The van der Waals surface area contributed by atoms with Gasteiger partial charge in [0.15, 0.2) is 0 Å². The smallest absolute Gasteiger partial charge is 0.127 e. The van der Waals surface area contributed by atoms with Crippen LogP contribution in [0.25, 0.3) is 0 Å². The van der Waals surface area contributed by atoms with Gasteiger partial charge in [0.2, 0.25) is 0 Å². The Hall–Kier alpha value is -0.900. The molecular weight excluding hydrogens is 341 g/mol. The zero-order valence-corrected chi connectivity index (χ0v) is 13.5. The van der Waals surface area contributed by atoms with E-state index in [4.69, 9.17) is 11.6 Å². The number of likely N-dealkylation sites (N-methyl/N-ethyl adjacent to an activating group) is 1. The van der Waals surface area contributed by atoms with Crippen LogP contribution in [0.1, 0.15) is 11.1 Å². The van der Waals surface area contributed by atoms with Crippen LogP contribution in [-0.2, 0) is 12.8 Å². The van der Waals surface area contributed by atoms with Crippen molar-refractivity contribution in [1.82, 2.24) is 5.32 Å². The third kappa shape index (κ3) is 4.05. The van der Waals surface area contributed by atoms with Gasteiger partial charge in [-0.2, -0.15) is 0 Å². The minimum absolute atomic E-state index is 0.144. The summed E-state index contributed by atoms with van der Waals surface area (Å²) in [6.07, 6.45) is 1.40. The topological polar surface area (TPSA) is 12.0 Å². The molecule has 0 spiro atoms. The normalized spacial score (nSPS) is 12.4. The first-order chi connectivity index (χ1) is 9.60. The molecule has 20 heavy (non-hydrogen) atoms. The van der Waals surface area contributed by atoms with Crippen LogP contribution >= 0.6 is 27.5 Å². The van der Waals surface area contributed by atoms with Gasteiger partial charge in [-0.3, -0.25) is 0 Å². The molecular formula is C16H16BrClFN. The number of nitrogens with one attached hydrogen (secondary N) is 1. The fraction of sp³-hybridized carbons (Fsp3) is 0.250. The summed E-state index contributed by atoms with van der Waals surface area (Å²) < 4.78 is 14.9. The molecule has 1 unspecified atom stereocenters. The molecule has 0 saturated heterocycles. The fourth-order valence-corrected chi connectivity index (χ4v) is 2.66. The van der Waals surface area contributed by atoms with E-state index in [-0.39, 0.29) is 11.9 Å². The molecule has 1 nitrogen and oxygen atoms in total. The molecule has 2 aromatic carbocycles. The van der Waals surface area contributed by atoms with Crippen LogP contribution in [0.3, 0.4) is 0 Å². The maximum absolute atomic E-state index is 13.8. The van der Waals surface area contributed by atoms with Gasteiger partial charge < -0.3 is 5.32 Å². The average Bonchev–Trinajstić information content (AvgIpc) is 2.44. The Morgan fingerprint density at radius 3 is 2.45 bits per heavy atom. The van der Waals surface area contributed by atoms with Crippen molar-refractivity contribution in [3.8, 4) is 0 Å². The van der Waals surface area contributed by atoms with Crippen molar-refractivity contribution in [3.05, 3.63) is 68.9 Å². The van der Waals surface area contributed by atoms with Gasteiger partial charge in [0.05, 0.1) is 0 Å². The monoisotopic (exact) mass is 355 g/mol. The van der Waals surface area contributed by atoms with Gasteiger partial charge in [-0.25, -0.2) is 4.39 Å². The van der Waals surface area contributed by atoms with Crippen LogP contribution in [0.4, 0.5) is 4.39 Å². The molecule has 1 N–H and O–H groups in total. The molecule has 2 rings (SSSR count). The highest BCUT2D eigenvalue weighted by molar-refractivity contribution is 9.10. The van der Waals surface area contributed by atoms with E-state index < -0.39 is 0 Å². The Morgan fingerprint density at radius 1 is 1.15 bits per heavy atom. The first kappa shape index (κ1) is 15.5. The standard InChI is InChI=1S/C16H16BrClFN/c1-20-13(9-11-5-7-12(17)8-6-11)10-14-15(18)3-2-4-16(14)19/h2-8,13,20H,9-10H2,1H3. The third-order valence-electron chi connectivity index (χ3n) is 3.32. The van der Waals surface area contributed by atoms with Gasteiger partial charge in [-0.15, -0.1) is 0 Å². The van der Waals surface area contributed by atoms with Crippen LogP contribution in [0.2, 0.25) is 5.02 Å². The van der Waals surface area contributed by atoms with Crippen molar-refractivity contribution in [2.75, 3.05) is 7.05 Å². The molecule has 4 heteroatoms. The number of benzene rings is 2. The maximum atomic E-state index is 13.8. The molecule has 1 atom stereocenters. The molecule has 0 amide bonds. The van der Waals surface area contributed by atoms with Gasteiger partial charge in [0, 0.05) is 21.1 Å². The van der Waals surface area contributed by atoms with Gasteiger partial charge in [0.1, 0.15) is 5.82 Å². The van der Waals surface area contributed by atoms with E-state index in [1.165, 1.54) is 11.6 Å². The number of rotatable bonds is 5. The second-order valence-corrected chi connectivity index (χ2v) is 6.04. The molecule has 0 bridgehead atoms. The van der Waals surface area contributed by atoms with Crippen molar-refractivity contribution in [2.24, 2.45) is 0 Å². The van der Waals surface area contributed by atoms with Crippen molar-refractivity contribution in [1.29, 1.82) is 0 Å². The summed E-state index contributed by atoms with van der Waals surface area (Å²) in [7, 11) is 1.89. The number of hydrogen-bond acceptors (Lipinski definition) is 1. The SMILES string of the molecule is CNC(Cc1ccc(Br)cc1)Cc1c(F)cccc1Cl. The summed E-state index contributed by atoms with van der Waals surface area (Å²) in [6, 6.07) is 13.1. The van der Waals surface area contributed by atoms with E-state index >= 15 is 0 Å². The Kier molecular flexibility index (Phi) is 5.58. The number of halogens is 3. The molecule has 0 heterocycles. The van der Waals surface area contributed by atoms with E-state index in [1.54, 1.807) is 12.1 Å². The second kappa shape index (κ2) is 7.21. The molecule has 2 aromatic rings. The van der Waals surface area contributed by atoms with Gasteiger partial charge >= 0.3 is 0 Å². The lowest BCUT2D eigenvalue weighted by atomic mass is 9.99. The van der Waals surface area contributed by atoms with Crippen molar-refractivity contribution in [3.63, 3.8) is 0 Å². The summed E-state index contributed by atoms with van der Waals surface area (Å²) in [5, 5.41) is 3.72. The summed E-state index contributed by atoms with van der Waals surface area (Å²) in [5.41, 5.74) is 1.78. The fourth-order valence-electron chi connectivity index (χ4n) is 2.16. The van der Waals surface area contributed by atoms with Gasteiger partial charge in [-0.05, 0) is 49.7 Å². The van der Waals surface area contributed by atoms with E-state index in [9.17, 15) is 4.39 Å². The van der Waals surface area contributed by atoms with Gasteiger partial charge in [-0.1, -0.05) is 45.7 Å². The minimum Gasteiger partial charge on any atom is -0.316 e. The molecule has 0 aliphatic carbocycles. The largest absolute Gasteiger partial charge is 0.316 e. The van der Waals surface area contributed by atoms with Crippen LogP contribution in [0.5, 0.6) is 0 Å². The summed E-state index contributed by atoms with van der Waals surface area (Å²) in [6.45, 7) is 0. The lowest BCUT2D eigenvalue weighted by Gasteiger charge is -2.17. The lowest BCUT2D eigenvalue weighted by Crippen LogP contribution is -2.30. The summed E-state index contributed by atoms with van der Waals surface area (Å²) in [4.78, 5) is 0. The Balaban J connectivity index is 2.11. The molecule has 0 aromatic heterocycles. The van der Waals surface area contributed by atoms with E-state index in [1.807, 2.05) is 19.2 Å². The van der Waals surface area contributed by atoms with E-state index in [0.29, 0.717) is 17.0 Å². The van der Waals surface area contributed by atoms with Crippen LogP contribution in [0, 0.1) is 5.82 Å². The first-order valence-electron chi connectivity index (χ1n) is 6.44. The predicted octanol–water partition coefficient (Wildman–Crippen LogP) is 4.61. The molecule has 0 radical (unpaired) electrons. The van der Waals surface area contributed by atoms with Crippen molar-refractivity contribution >= 4 is 27.5 Å². The first-order valence-corrected chi connectivity index (χ1v) is 7.62. The highest BCUT2D eigenvalue weighted by Gasteiger charge is 2.14. The maximum Gasteiger partial charge on any atom is 0.127 e. The van der Waals surface area contributed by atoms with Crippen molar-refractivity contribution < 1.29 is 4.39 Å². The highest BCUT2D eigenvalue weighted by Crippen LogP contribution is 2.21. The summed E-state index contributed by atoms with van der Waals surface area (Å²) in [5.74, 6) is -0.242. The molecule has 0 fully saturated rings. The molecule has 0 aliphatic rings. The Bertz CT molecular complexity index is 551. The quantitative estimate of drug-likeness (QED) is 0.824. The third-order valence-corrected chi connectivity index (χ3v) is 4.20. The Labute approximate surface area is 132 Å². The zero-order valence-electron chi connectivity index (χ0n) is 11.2. The Morgan fingerprint density at radius 2 is 1.85 bits per heavy atom. The number of hydrogen-bond donors (Lipinski definition) is 1. The zero-order chi connectivity index (χ0) is 14.5. The van der Waals surface area contributed by atoms with Gasteiger partial charge in [0.25, 0.3) is 0 Å². The predicted molar refractivity (Wildman–Crippen MR) is 85.8 cm³/mol. The molecule has 0 saturated carbocycles. The van der Waals surface area contributed by atoms with Crippen LogP contribution in [0.15, 0.2) is 46.9 Å². The lowest BCUT2D eigenvalue weighted by molar-refractivity contribution is 0.532. The van der Waals surface area contributed by atoms with Crippen LogP contribution in [-0.4, -0.2) is 13.1 Å². The minimum atomic E-state index is -0.242. The second-order valence-electron chi connectivity index (χ2n) is 4.72.